The average molecular weight is 397 g/mol. The Bertz CT molecular complexity index is 898. The van der Waals surface area contributed by atoms with E-state index in [2.05, 4.69) is 5.32 Å². The molecule has 0 saturated carbocycles. The van der Waals surface area contributed by atoms with Gasteiger partial charge in [0.1, 0.15) is 6.54 Å². The van der Waals surface area contributed by atoms with Crippen LogP contribution in [0.2, 0.25) is 5.02 Å². The van der Waals surface area contributed by atoms with Crippen molar-refractivity contribution in [2.24, 2.45) is 0 Å². The molecule has 0 aliphatic carbocycles. The number of quaternary nitrogens is 1. The summed E-state index contributed by atoms with van der Waals surface area (Å²) in [6.45, 7) is 2.51. The maximum Gasteiger partial charge on any atom is 0.279 e. The van der Waals surface area contributed by atoms with E-state index in [0.29, 0.717) is 22.8 Å². The topological polar surface area (TPSA) is 83.1 Å². The van der Waals surface area contributed by atoms with E-state index in [9.17, 15) is 13.2 Å². The van der Waals surface area contributed by atoms with Crippen LogP contribution in [0.5, 0.6) is 0 Å². The van der Waals surface area contributed by atoms with Crippen molar-refractivity contribution in [1.29, 1.82) is 0 Å². The van der Waals surface area contributed by atoms with Crippen molar-refractivity contribution in [3.63, 3.8) is 0 Å². The lowest BCUT2D eigenvalue weighted by Gasteiger charge is -2.15. The van der Waals surface area contributed by atoms with Gasteiger partial charge in [-0.15, -0.1) is 0 Å². The number of halogens is 1. The second kappa shape index (κ2) is 8.64. The molecule has 1 amide bonds. The van der Waals surface area contributed by atoms with E-state index >= 15 is 0 Å². The van der Waals surface area contributed by atoms with Crippen LogP contribution >= 0.6 is 11.6 Å². The van der Waals surface area contributed by atoms with Gasteiger partial charge in [0.15, 0.2) is 6.54 Å². The summed E-state index contributed by atoms with van der Waals surface area (Å²) in [5.41, 5.74) is 2.03. The van der Waals surface area contributed by atoms with Crippen LogP contribution in [-0.2, 0) is 21.4 Å². The number of nitrogens with zero attached hydrogens (tertiary/aromatic N) is 1. The second-order valence-electron chi connectivity index (χ2n) is 6.10. The molecule has 0 fully saturated rings. The minimum Gasteiger partial charge on any atom is -0.335 e. The molecule has 0 unspecified atom stereocenters. The minimum absolute atomic E-state index is 0.181. The van der Waals surface area contributed by atoms with Gasteiger partial charge in [-0.2, -0.15) is 0 Å². The van der Waals surface area contributed by atoms with Crippen molar-refractivity contribution in [1.82, 2.24) is 4.31 Å². The first kappa shape index (κ1) is 20.4. The van der Waals surface area contributed by atoms with Crippen molar-refractivity contribution in [2.45, 2.75) is 18.4 Å². The first-order chi connectivity index (χ1) is 12.2. The number of amides is 1. The Morgan fingerprint density at radius 2 is 1.88 bits per heavy atom. The standard InChI is InChI=1S/C18H22ClN3O3S/c1-13-8-9-15(10-17(13)26(24,25)22(2)3)21-18(23)12-20-11-14-6-4-5-7-16(14)19/h4-10,20H,11-12H2,1-3H3,(H,21,23)/p+1. The van der Waals surface area contributed by atoms with Crippen molar-refractivity contribution in [3.8, 4) is 0 Å². The van der Waals surface area contributed by atoms with Crippen LogP contribution < -0.4 is 10.6 Å². The molecule has 8 heteroatoms. The van der Waals surface area contributed by atoms with E-state index in [0.717, 1.165) is 9.87 Å². The molecule has 2 aromatic carbocycles. The van der Waals surface area contributed by atoms with Gasteiger partial charge in [0.2, 0.25) is 10.0 Å². The predicted octanol–water partition coefficient (Wildman–Crippen LogP) is 1.60. The van der Waals surface area contributed by atoms with Crippen molar-refractivity contribution in [3.05, 3.63) is 58.6 Å². The molecule has 0 aliphatic heterocycles. The number of hydrogen-bond donors (Lipinski definition) is 2. The van der Waals surface area contributed by atoms with Crippen molar-refractivity contribution >= 4 is 33.2 Å². The van der Waals surface area contributed by atoms with Crippen LogP contribution in [0.15, 0.2) is 47.4 Å². The highest BCUT2D eigenvalue weighted by molar-refractivity contribution is 7.89. The van der Waals surface area contributed by atoms with Gasteiger partial charge in [-0.05, 0) is 30.7 Å². The number of nitrogens with one attached hydrogen (secondary N) is 1. The fraction of sp³-hybridized carbons (Fsp3) is 0.278. The second-order valence-corrected chi connectivity index (χ2v) is 8.63. The molecule has 0 spiro atoms. The summed E-state index contributed by atoms with van der Waals surface area (Å²) >= 11 is 6.09. The summed E-state index contributed by atoms with van der Waals surface area (Å²) in [7, 11) is -0.612. The molecule has 26 heavy (non-hydrogen) atoms. The van der Waals surface area contributed by atoms with Crippen molar-refractivity contribution in [2.75, 3.05) is 26.0 Å². The van der Waals surface area contributed by atoms with Gasteiger partial charge in [-0.25, -0.2) is 12.7 Å². The lowest BCUT2D eigenvalue weighted by molar-refractivity contribution is -0.659. The molecule has 0 radical (unpaired) electrons. The number of anilines is 1. The van der Waals surface area contributed by atoms with E-state index in [-0.39, 0.29) is 17.3 Å². The summed E-state index contributed by atoms with van der Waals surface area (Å²) in [5.74, 6) is -0.214. The van der Waals surface area contributed by atoms with Crippen LogP contribution in [0.3, 0.4) is 0 Å². The Labute approximate surface area is 159 Å². The molecule has 0 atom stereocenters. The van der Waals surface area contributed by atoms with Gasteiger partial charge >= 0.3 is 0 Å². The number of aryl methyl sites for hydroxylation is 1. The lowest BCUT2D eigenvalue weighted by atomic mass is 10.2. The maximum atomic E-state index is 12.3. The normalized spacial score (nSPS) is 11.6. The summed E-state index contributed by atoms with van der Waals surface area (Å²) in [4.78, 5) is 12.3. The fourth-order valence-corrected chi connectivity index (χ4v) is 3.74. The lowest BCUT2D eigenvalue weighted by Crippen LogP contribution is -2.84. The largest absolute Gasteiger partial charge is 0.335 e. The monoisotopic (exact) mass is 396 g/mol. The van der Waals surface area contributed by atoms with Crippen LogP contribution in [0.25, 0.3) is 0 Å². The molecule has 0 bridgehead atoms. The first-order valence-corrected chi connectivity index (χ1v) is 9.91. The molecule has 6 nitrogen and oxygen atoms in total. The molecule has 3 N–H and O–H groups in total. The molecule has 140 valence electrons. The molecule has 0 aliphatic rings. The predicted molar refractivity (Wildman–Crippen MR) is 103 cm³/mol. The van der Waals surface area contributed by atoms with Crippen molar-refractivity contribution < 1.29 is 18.5 Å². The molecule has 2 rings (SSSR count). The van der Waals surface area contributed by atoms with E-state index in [1.807, 2.05) is 29.6 Å². The third kappa shape index (κ3) is 5.04. The van der Waals surface area contributed by atoms with Gasteiger partial charge in [0.25, 0.3) is 5.91 Å². The Morgan fingerprint density at radius 3 is 2.54 bits per heavy atom. The third-order valence-electron chi connectivity index (χ3n) is 3.88. The first-order valence-electron chi connectivity index (χ1n) is 8.10. The molecular formula is C18H23ClN3O3S+. The highest BCUT2D eigenvalue weighted by Gasteiger charge is 2.20. The Balaban J connectivity index is 2.00. The number of rotatable bonds is 7. The van der Waals surface area contributed by atoms with Crippen LogP contribution in [0.4, 0.5) is 5.69 Å². The molecular weight excluding hydrogens is 374 g/mol. The van der Waals surface area contributed by atoms with E-state index in [4.69, 9.17) is 11.6 Å². The SMILES string of the molecule is Cc1ccc(NC(=O)C[NH2+]Cc2ccccc2Cl)cc1S(=O)(=O)N(C)C. The Hall–Kier alpha value is -1.93. The number of carbonyl (C=O) groups is 1. The zero-order valence-corrected chi connectivity index (χ0v) is 16.6. The third-order valence-corrected chi connectivity index (χ3v) is 6.21. The molecule has 0 aromatic heterocycles. The molecule has 0 saturated heterocycles. The Morgan fingerprint density at radius 1 is 1.19 bits per heavy atom. The summed E-state index contributed by atoms with van der Waals surface area (Å²) in [6, 6.07) is 12.3. The van der Waals surface area contributed by atoms with Gasteiger partial charge in [0.05, 0.1) is 4.90 Å². The van der Waals surface area contributed by atoms with Gasteiger partial charge < -0.3 is 10.6 Å². The van der Waals surface area contributed by atoms with E-state index in [1.54, 1.807) is 19.1 Å². The van der Waals surface area contributed by atoms with Crippen LogP contribution in [-0.4, -0.2) is 39.3 Å². The number of carbonyl (C=O) groups excluding carboxylic acids is 1. The van der Waals surface area contributed by atoms with Gasteiger partial charge in [0, 0.05) is 30.4 Å². The smallest absolute Gasteiger partial charge is 0.279 e. The quantitative estimate of drug-likeness (QED) is 0.745. The highest BCUT2D eigenvalue weighted by atomic mass is 35.5. The summed E-state index contributed by atoms with van der Waals surface area (Å²) in [5, 5.41) is 5.24. The Kier molecular flexibility index (Phi) is 6.77. The molecule has 2 aromatic rings. The van der Waals surface area contributed by atoms with Gasteiger partial charge in [-0.3, -0.25) is 4.79 Å². The average Bonchev–Trinajstić information content (AvgIpc) is 2.58. The number of nitrogens with two attached hydrogens (primary N) is 1. The minimum atomic E-state index is -3.56. The zero-order valence-electron chi connectivity index (χ0n) is 15.0. The number of benzene rings is 2. The maximum absolute atomic E-state index is 12.3. The van der Waals surface area contributed by atoms with E-state index < -0.39 is 10.0 Å². The van der Waals surface area contributed by atoms with E-state index in [1.165, 1.54) is 20.2 Å². The van der Waals surface area contributed by atoms with Crippen LogP contribution in [0, 0.1) is 6.92 Å². The zero-order chi connectivity index (χ0) is 19.3. The highest BCUT2D eigenvalue weighted by Crippen LogP contribution is 2.22. The summed E-state index contributed by atoms with van der Waals surface area (Å²) < 4.78 is 25.8. The molecule has 0 heterocycles. The fourth-order valence-electron chi connectivity index (χ4n) is 2.39. The van der Waals surface area contributed by atoms with Gasteiger partial charge in [-0.1, -0.05) is 35.9 Å². The van der Waals surface area contributed by atoms with Crippen LogP contribution in [0.1, 0.15) is 11.1 Å². The number of sulfonamides is 1. The summed E-state index contributed by atoms with van der Waals surface area (Å²) in [6.07, 6.45) is 0. The number of hydrogen-bond acceptors (Lipinski definition) is 3.